The Bertz CT molecular complexity index is 544. The Balaban J connectivity index is 1.81. The molecule has 2 saturated carbocycles. The number of hydrogen-bond donors (Lipinski definition) is 1. The molecule has 3 fully saturated rings. The van der Waals surface area contributed by atoms with Crippen molar-refractivity contribution in [3.63, 3.8) is 0 Å². The number of rotatable bonds is 3. The quantitative estimate of drug-likeness (QED) is 0.230. The van der Waals surface area contributed by atoms with Crippen molar-refractivity contribution in [2.45, 2.75) is 62.5 Å². The van der Waals surface area contributed by atoms with Gasteiger partial charge in [-0.05, 0) is 80.4 Å². The van der Waals surface area contributed by atoms with Gasteiger partial charge in [-0.3, -0.25) is 10.2 Å². The lowest BCUT2D eigenvalue weighted by molar-refractivity contribution is -0.162. The minimum absolute atomic E-state index is 0.0199. The zero-order chi connectivity index (χ0) is 17.9. The van der Waals surface area contributed by atoms with Crippen LogP contribution in [0.3, 0.4) is 0 Å². The van der Waals surface area contributed by atoms with E-state index in [1.54, 1.807) is 0 Å². The second-order valence-corrected chi connectivity index (χ2v) is 10.2. The van der Waals surface area contributed by atoms with Crippen molar-refractivity contribution in [2.75, 3.05) is 6.54 Å². The van der Waals surface area contributed by atoms with Gasteiger partial charge in [0.05, 0.1) is 17.9 Å². The maximum Gasteiger partial charge on any atom is 0.311 e. The van der Waals surface area contributed by atoms with Crippen LogP contribution in [0.2, 0.25) is 0 Å². The van der Waals surface area contributed by atoms with Gasteiger partial charge in [-0.1, -0.05) is 0 Å². The highest BCUT2D eigenvalue weighted by molar-refractivity contribution is 14.1. The molecule has 0 radical (unpaired) electrons. The Hall–Kier alpha value is -0.470. The molecule has 4 nitrogen and oxygen atoms in total. The molecule has 0 spiro atoms. The van der Waals surface area contributed by atoms with Crippen molar-refractivity contribution in [3.8, 4) is 0 Å². The number of halogens is 3. The fourth-order valence-corrected chi connectivity index (χ4v) is 5.02. The van der Waals surface area contributed by atoms with Gasteiger partial charge in [0.15, 0.2) is 0 Å². The molecule has 5 atom stereocenters. The summed E-state index contributed by atoms with van der Waals surface area (Å²) in [6, 6.07) is -0.105. The number of piperidine rings is 1. The van der Waals surface area contributed by atoms with Gasteiger partial charge in [0.2, 0.25) is 0 Å². The van der Waals surface area contributed by atoms with Crippen molar-refractivity contribution < 1.29 is 18.3 Å². The lowest BCUT2D eigenvalue weighted by Crippen LogP contribution is -2.53. The molecule has 3 rings (SSSR count). The average Bonchev–Trinajstić information content (AvgIpc) is 2.57. The topological polar surface area (TPSA) is 53.4 Å². The van der Waals surface area contributed by atoms with Crippen LogP contribution in [0.4, 0.5) is 8.78 Å². The molecule has 2 aliphatic carbocycles. The molecular weight excluding hydrogens is 429 g/mol. The number of ether oxygens (including phenoxy) is 1. The number of amidine groups is 1. The minimum atomic E-state index is -2.92. The Morgan fingerprint density at radius 2 is 1.88 bits per heavy atom. The number of carbonyl (C=O) groups is 1. The first-order chi connectivity index (χ1) is 11.0. The second-order valence-electron chi connectivity index (χ2n) is 8.59. The van der Waals surface area contributed by atoms with Gasteiger partial charge >= 0.3 is 9.90 Å². The molecule has 7 heteroatoms. The molecule has 3 aliphatic rings. The van der Waals surface area contributed by atoms with Crippen LogP contribution in [0, 0.1) is 28.6 Å². The molecule has 4 unspecified atom stereocenters. The van der Waals surface area contributed by atoms with Gasteiger partial charge in [-0.25, -0.2) is 0 Å². The number of esters is 1. The molecule has 0 aromatic heterocycles. The van der Waals surface area contributed by atoms with E-state index in [1.165, 1.54) is 0 Å². The SMILES string of the molecule is CC(C)(C)C(=O)O[C@H]1C2CC3CC(C2)C1N(C(=N)CC(F)(F)I)C3. The van der Waals surface area contributed by atoms with Crippen LogP contribution >= 0.6 is 22.6 Å². The number of carbonyl (C=O) groups excluding carboxylic acids is 1. The number of fused-ring (bicyclic) bond motifs is 2. The average molecular weight is 454 g/mol. The molecular formula is C17H25F2IN2O2. The first-order valence-electron chi connectivity index (χ1n) is 8.57. The predicted octanol–water partition coefficient (Wildman–Crippen LogP) is 4.07. The van der Waals surface area contributed by atoms with E-state index in [4.69, 9.17) is 10.1 Å². The molecule has 1 heterocycles. The Kier molecular flexibility index (Phi) is 4.62. The Morgan fingerprint density at radius 1 is 1.25 bits per heavy atom. The molecule has 1 N–H and O–H groups in total. The van der Waals surface area contributed by atoms with Crippen molar-refractivity contribution in [1.82, 2.24) is 4.90 Å². The number of likely N-dealkylation sites (tertiary alicyclic amines) is 1. The number of nitrogens with zero attached hydrogens (tertiary/aromatic N) is 1. The largest absolute Gasteiger partial charge is 0.459 e. The summed E-state index contributed by atoms with van der Waals surface area (Å²) in [5.41, 5.74) is -0.581. The standard InChI is InChI=1S/C17H25F2IN2O2/c1-16(2,3)15(23)24-14-11-5-9-4-10(6-11)13(14)22(8-9)12(21)7-17(18,19)20/h9-11,13-14,21H,4-8H2,1-3H3/t9?,10?,11?,13?,14-/m0/s1. The summed E-state index contributed by atoms with van der Waals surface area (Å²) in [5, 5.41) is 8.19. The van der Waals surface area contributed by atoms with Gasteiger partial charge in [0, 0.05) is 6.54 Å². The second kappa shape index (κ2) is 6.06. The van der Waals surface area contributed by atoms with Crippen LogP contribution < -0.4 is 0 Å². The molecule has 1 aliphatic heterocycles. The molecule has 0 aromatic carbocycles. The molecule has 24 heavy (non-hydrogen) atoms. The molecule has 0 amide bonds. The van der Waals surface area contributed by atoms with Crippen LogP contribution in [0.25, 0.3) is 0 Å². The first kappa shape index (κ1) is 18.3. The van der Waals surface area contributed by atoms with Crippen LogP contribution in [0.15, 0.2) is 0 Å². The van der Waals surface area contributed by atoms with E-state index >= 15 is 0 Å². The van der Waals surface area contributed by atoms with Gasteiger partial charge in [0.1, 0.15) is 11.9 Å². The monoisotopic (exact) mass is 454 g/mol. The van der Waals surface area contributed by atoms with Gasteiger partial charge < -0.3 is 9.64 Å². The van der Waals surface area contributed by atoms with E-state index in [0.29, 0.717) is 24.3 Å². The summed E-state index contributed by atoms with van der Waals surface area (Å²) in [6.07, 6.45) is 2.19. The van der Waals surface area contributed by atoms with Gasteiger partial charge in [0.25, 0.3) is 0 Å². The van der Waals surface area contributed by atoms with Crippen LogP contribution in [-0.4, -0.2) is 39.3 Å². The lowest BCUT2D eigenvalue weighted by Gasteiger charge is -2.44. The summed E-state index contributed by atoms with van der Waals surface area (Å²) < 4.78 is 29.7. The summed E-state index contributed by atoms with van der Waals surface area (Å²) in [6.45, 7) is 6.12. The van der Waals surface area contributed by atoms with Crippen molar-refractivity contribution >= 4 is 34.4 Å². The highest BCUT2D eigenvalue weighted by atomic mass is 127. The highest BCUT2D eigenvalue weighted by Gasteiger charge is 2.56. The molecule has 3 bridgehead atoms. The van der Waals surface area contributed by atoms with Crippen molar-refractivity contribution in [2.24, 2.45) is 23.2 Å². The van der Waals surface area contributed by atoms with Crippen molar-refractivity contribution in [3.05, 3.63) is 0 Å². The Labute approximate surface area is 155 Å². The summed E-state index contributed by atoms with van der Waals surface area (Å²) >= 11 is 1.09. The van der Waals surface area contributed by atoms with E-state index in [0.717, 1.165) is 41.9 Å². The molecule has 0 aromatic rings. The van der Waals surface area contributed by atoms with Gasteiger partial charge in [-0.15, -0.1) is 0 Å². The van der Waals surface area contributed by atoms with E-state index in [9.17, 15) is 13.6 Å². The fourth-order valence-electron chi connectivity index (χ4n) is 4.66. The third-order valence-electron chi connectivity index (χ3n) is 5.55. The van der Waals surface area contributed by atoms with Crippen LogP contribution in [0.5, 0.6) is 0 Å². The number of nitrogens with one attached hydrogen (secondary N) is 1. The summed E-state index contributed by atoms with van der Waals surface area (Å²) in [4.78, 5) is 14.2. The number of hydrogen-bond acceptors (Lipinski definition) is 3. The third kappa shape index (κ3) is 3.55. The smallest absolute Gasteiger partial charge is 0.311 e. The van der Waals surface area contributed by atoms with Gasteiger partial charge in [-0.2, -0.15) is 8.78 Å². The zero-order valence-electron chi connectivity index (χ0n) is 14.3. The van der Waals surface area contributed by atoms with Crippen LogP contribution in [-0.2, 0) is 9.53 Å². The predicted molar refractivity (Wildman–Crippen MR) is 95.5 cm³/mol. The number of alkyl halides is 3. The normalized spacial score (nSPS) is 35.2. The maximum absolute atomic E-state index is 13.4. The highest BCUT2D eigenvalue weighted by Crippen LogP contribution is 2.52. The minimum Gasteiger partial charge on any atom is -0.459 e. The zero-order valence-corrected chi connectivity index (χ0v) is 16.5. The van der Waals surface area contributed by atoms with E-state index in [1.807, 2.05) is 25.7 Å². The van der Waals surface area contributed by atoms with E-state index < -0.39 is 15.8 Å². The first-order valence-corrected chi connectivity index (χ1v) is 9.65. The van der Waals surface area contributed by atoms with Crippen LogP contribution in [0.1, 0.15) is 46.5 Å². The lowest BCUT2D eigenvalue weighted by atomic mass is 9.78. The molecule has 1 saturated heterocycles. The third-order valence-corrected chi connectivity index (χ3v) is 5.93. The summed E-state index contributed by atoms with van der Waals surface area (Å²) in [7, 11) is 0. The van der Waals surface area contributed by atoms with E-state index in [-0.39, 0.29) is 24.0 Å². The Morgan fingerprint density at radius 3 is 2.46 bits per heavy atom. The maximum atomic E-state index is 13.4. The molecule has 136 valence electrons. The van der Waals surface area contributed by atoms with Crippen molar-refractivity contribution in [1.29, 1.82) is 5.41 Å². The fraction of sp³-hybridized carbons (Fsp3) is 0.882. The summed E-state index contributed by atoms with van der Waals surface area (Å²) in [5.74, 6) is 0.820. The van der Waals surface area contributed by atoms with E-state index in [2.05, 4.69) is 0 Å².